The van der Waals surface area contributed by atoms with Crippen LogP contribution in [0.2, 0.25) is 0 Å². The van der Waals surface area contributed by atoms with Crippen LogP contribution in [0.25, 0.3) is 0 Å². The van der Waals surface area contributed by atoms with Crippen molar-refractivity contribution in [2.45, 2.75) is 45.4 Å². The number of nitrogens with zero attached hydrogens (tertiary/aromatic N) is 1. The number of carbonyl (C=O) groups is 2. The number of benzene rings is 2. The van der Waals surface area contributed by atoms with Gasteiger partial charge in [-0.1, -0.05) is 44.7 Å². The first-order valence-corrected chi connectivity index (χ1v) is 9.43. The topological polar surface area (TPSA) is 67.2 Å². The number of aryl methyl sites for hydroxylation is 1. The van der Waals surface area contributed by atoms with Crippen LogP contribution in [0.15, 0.2) is 48.5 Å². The Hall–Kier alpha value is -2.93. The zero-order chi connectivity index (χ0) is 19.5. The number of nitriles is 1. The Balaban J connectivity index is 1.79. The number of esters is 1. The van der Waals surface area contributed by atoms with Crippen LogP contribution < -0.4 is 0 Å². The van der Waals surface area contributed by atoms with Crippen molar-refractivity contribution in [2.24, 2.45) is 0 Å². The molecule has 0 atom stereocenters. The summed E-state index contributed by atoms with van der Waals surface area (Å²) in [6, 6.07) is 15.6. The number of ether oxygens (including phenoxy) is 1. The lowest BCUT2D eigenvalue weighted by atomic mass is 10.0. The van der Waals surface area contributed by atoms with E-state index in [0.717, 1.165) is 12.8 Å². The molecule has 0 N–H and O–H groups in total. The van der Waals surface area contributed by atoms with Crippen molar-refractivity contribution < 1.29 is 14.3 Å². The molecule has 0 bridgehead atoms. The van der Waals surface area contributed by atoms with E-state index in [1.165, 1.54) is 31.2 Å². The van der Waals surface area contributed by atoms with Gasteiger partial charge in [-0.2, -0.15) is 5.26 Å². The Labute approximate surface area is 160 Å². The van der Waals surface area contributed by atoms with Crippen molar-refractivity contribution in [3.8, 4) is 6.07 Å². The molecule has 0 aliphatic rings. The van der Waals surface area contributed by atoms with Crippen LogP contribution >= 0.6 is 0 Å². The largest absolute Gasteiger partial charge is 0.454 e. The molecule has 0 aliphatic carbocycles. The van der Waals surface area contributed by atoms with Crippen LogP contribution in [0.5, 0.6) is 0 Å². The average molecular weight is 363 g/mol. The quantitative estimate of drug-likeness (QED) is 0.334. The van der Waals surface area contributed by atoms with Gasteiger partial charge in [0, 0.05) is 5.56 Å². The normalized spacial score (nSPS) is 10.2. The molecule has 4 nitrogen and oxygen atoms in total. The monoisotopic (exact) mass is 363 g/mol. The summed E-state index contributed by atoms with van der Waals surface area (Å²) in [5, 5.41) is 8.77. The third kappa shape index (κ3) is 6.71. The van der Waals surface area contributed by atoms with Gasteiger partial charge in [0.25, 0.3) is 0 Å². The van der Waals surface area contributed by atoms with Crippen molar-refractivity contribution in [1.82, 2.24) is 0 Å². The van der Waals surface area contributed by atoms with Gasteiger partial charge in [-0.3, -0.25) is 4.79 Å². The van der Waals surface area contributed by atoms with Crippen LogP contribution in [-0.4, -0.2) is 18.4 Å². The average Bonchev–Trinajstić information content (AvgIpc) is 2.72. The highest BCUT2D eigenvalue weighted by molar-refractivity contribution is 5.99. The fraction of sp³-hybridized carbons (Fsp3) is 0.348. The molecule has 27 heavy (non-hydrogen) atoms. The minimum absolute atomic E-state index is 0.295. The number of rotatable bonds is 10. The third-order valence-electron chi connectivity index (χ3n) is 4.43. The second-order valence-corrected chi connectivity index (χ2v) is 6.55. The first-order valence-electron chi connectivity index (χ1n) is 9.43. The number of Topliss-reactive ketones (excluding diaryl/α,β-unsaturated/α-hetero) is 1. The van der Waals surface area contributed by atoms with Crippen LogP contribution in [-0.2, 0) is 11.2 Å². The molecule has 0 aromatic heterocycles. The van der Waals surface area contributed by atoms with E-state index in [1.807, 2.05) is 18.2 Å². The van der Waals surface area contributed by atoms with Crippen molar-refractivity contribution in [3.05, 3.63) is 70.8 Å². The molecule has 4 heteroatoms. The molecule has 0 spiro atoms. The summed E-state index contributed by atoms with van der Waals surface area (Å²) in [4.78, 5) is 24.2. The van der Waals surface area contributed by atoms with Crippen molar-refractivity contribution >= 4 is 11.8 Å². The molecule has 0 unspecified atom stereocenters. The number of unbranched alkanes of at least 4 members (excludes halogenated alkanes) is 4. The Morgan fingerprint density at radius 2 is 1.52 bits per heavy atom. The highest BCUT2D eigenvalue weighted by Crippen LogP contribution is 2.12. The first kappa shape index (κ1) is 20.4. The molecular weight excluding hydrogens is 338 g/mol. The summed E-state index contributed by atoms with van der Waals surface area (Å²) in [6.07, 6.45) is 7.19. The molecule has 140 valence electrons. The van der Waals surface area contributed by atoms with Gasteiger partial charge in [-0.15, -0.1) is 0 Å². The number of carbonyl (C=O) groups excluding carboxylic acids is 2. The molecule has 0 radical (unpaired) electrons. The van der Waals surface area contributed by atoms with Gasteiger partial charge < -0.3 is 4.74 Å². The predicted molar refractivity (Wildman–Crippen MR) is 105 cm³/mol. The maximum absolute atomic E-state index is 12.1. The maximum Gasteiger partial charge on any atom is 0.338 e. The molecule has 2 aromatic carbocycles. The van der Waals surface area contributed by atoms with Gasteiger partial charge in [-0.25, -0.2) is 4.79 Å². The fourth-order valence-electron chi connectivity index (χ4n) is 2.77. The van der Waals surface area contributed by atoms with Crippen molar-refractivity contribution in [1.29, 1.82) is 5.26 Å². The number of hydrogen-bond donors (Lipinski definition) is 0. The van der Waals surface area contributed by atoms with E-state index >= 15 is 0 Å². The lowest BCUT2D eigenvalue weighted by molar-refractivity contribution is 0.0474. The summed E-state index contributed by atoms with van der Waals surface area (Å²) < 4.78 is 5.11. The molecule has 0 heterocycles. The minimum atomic E-state index is -0.508. The second kappa shape index (κ2) is 10.9. The molecule has 0 saturated carbocycles. The highest BCUT2D eigenvalue weighted by atomic mass is 16.5. The van der Waals surface area contributed by atoms with Gasteiger partial charge in [0.15, 0.2) is 12.4 Å². The van der Waals surface area contributed by atoms with E-state index in [2.05, 4.69) is 6.92 Å². The molecule has 0 saturated heterocycles. The van der Waals surface area contributed by atoms with Gasteiger partial charge in [0.05, 0.1) is 17.2 Å². The van der Waals surface area contributed by atoms with E-state index in [1.54, 1.807) is 36.4 Å². The summed E-state index contributed by atoms with van der Waals surface area (Å²) in [7, 11) is 0. The van der Waals surface area contributed by atoms with Crippen molar-refractivity contribution in [3.63, 3.8) is 0 Å². The van der Waals surface area contributed by atoms with E-state index < -0.39 is 5.97 Å². The van der Waals surface area contributed by atoms with E-state index in [9.17, 15) is 9.59 Å². The second-order valence-electron chi connectivity index (χ2n) is 6.55. The zero-order valence-corrected chi connectivity index (χ0v) is 15.7. The van der Waals surface area contributed by atoms with Crippen LogP contribution in [0.3, 0.4) is 0 Å². The lowest BCUT2D eigenvalue weighted by Crippen LogP contribution is -2.14. The molecule has 0 fully saturated rings. The van der Waals surface area contributed by atoms with E-state index in [4.69, 9.17) is 10.00 Å². The third-order valence-corrected chi connectivity index (χ3v) is 4.43. The van der Waals surface area contributed by atoms with Crippen LogP contribution in [0.4, 0.5) is 0 Å². The number of hydrogen-bond acceptors (Lipinski definition) is 4. The minimum Gasteiger partial charge on any atom is -0.454 e. The lowest BCUT2D eigenvalue weighted by Gasteiger charge is -2.06. The first-order chi connectivity index (χ1) is 13.1. The van der Waals surface area contributed by atoms with E-state index in [0.29, 0.717) is 16.7 Å². The SMILES string of the molecule is CCCCCCCc1ccc(C(=O)OCC(=O)c2ccc(C#N)cc2)cc1. The van der Waals surface area contributed by atoms with E-state index in [-0.39, 0.29) is 12.4 Å². The molecule has 2 rings (SSSR count). The summed E-state index contributed by atoms with van der Waals surface area (Å²) in [5.41, 5.74) is 2.54. The Morgan fingerprint density at radius 3 is 2.15 bits per heavy atom. The fourth-order valence-corrected chi connectivity index (χ4v) is 2.77. The Kier molecular flexibility index (Phi) is 8.25. The molecule has 0 aliphatic heterocycles. The Bertz CT molecular complexity index is 786. The summed E-state index contributed by atoms with van der Waals surface area (Å²) in [5.74, 6) is -0.803. The molecule has 0 amide bonds. The van der Waals surface area contributed by atoms with Crippen LogP contribution in [0.1, 0.15) is 70.9 Å². The predicted octanol–water partition coefficient (Wildman–Crippen LogP) is 5.11. The standard InChI is InChI=1S/C23H25NO3/c1-2-3-4-5-6-7-18-8-14-21(15-9-18)23(26)27-17-22(25)20-12-10-19(16-24)11-13-20/h8-15H,2-7,17H2,1H3. The summed E-state index contributed by atoms with van der Waals surface area (Å²) in [6.45, 7) is 1.89. The maximum atomic E-state index is 12.1. The smallest absolute Gasteiger partial charge is 0.338 e. The zero-order valence-electron chi connectivity index (χ0n) is 15.7. The van der Waals surface area contributed by atoms with Gasteiger partial charge in [0.1, 0.15) is 0 Å². The molecule has 2 aromatic rings. The van der Waals surface area contributed by atoms with Crippen molar-refractivity contribution in [2.75, 3.05) is 6.61 Å². The Morgan fingerprint density at radius 1 is 0.889 bits per heavy atom. The van der Waals surface area contributed by atoms with Gasteiger partial charge in [0.2, 0.25) is 0 Å². The summed E-state index contributed by atoms with van der Waals surface area (Å²) >= 11 is 0. The highest BCUT2D eigenvalue weighted by Gasteiger charge is 2.12. The van der Waals surface area contributed by atoms with Crippen LogP contribution in [0, 0.1) is 11.3 Å². The van der Waals surface area contributed by atoms with Gasteiger partial charge in [-0.05, 0) is 54.8 Å². The number of ketones is 1. The molecular formula is C23H25NO3. The van der Waals surface area contributed by atoms with Gasteiger partial charge >= 0.3 is 5.97 Å².